The highest BCUT2D eigenvalue weighted by Gasteiger charge is 2.39. The van der Waals surface area contributed by atoms with Crippen molar-refractivity contribution in [2.24, 2.45) is 7.05 Å². The second-order valence-electron chi connectivity index (χ2n) is 6.86. The molecule has 2 aliphatic rings. The first-order chi connectivity index (χ1) is 12.1. The zero-order chi connectivity index (χ0) is 17.4. The van der Waals surface area contributed by atoms with Crippen molar-refractivity contribution in [1.29, 1.82) is 0 Å². The SMILES string of the molecule is Cn1cnn(CCC(=O)N2C3C=C(c4ccccc4)CC2CC3)c1=O. The van der Waals surface area contributed by atoms with Crippen molar-refractivity contribution >= 4 is 11.5 Å². The summed E-state index contributed by atoms with van der Waals surface area (Å²) in [6, 6.07) is 10.9. The summed E-state index contributed by atoms with van der Waals surface area (Å²) in [6.07, 6.45) is 7.03. The Morgan fingerprint density at radius 1 is 1.24 bits per heavy atom. The molecule has 2 bridgehead atoms. The number of amides is 1. The number of aromatic nitrogens is 3. The van der Waals surface area contributed by atoms with Gasteiger partial charge in [-0.05, 0) is 30.4 Å². The van der Waals surface area contributed by atoms with E-state index in [4.69, 9.17) is 0 Å². The molecule has 130 valence electrons. The first kappa shape index (κ1) is 15.9. The monoisotopic (exact) mass is 338 g/mol. The Morgan fingerprint density at radius 3 is 2.72 bits per heavy atom. The molecule has 0 saturated carbocycles. The van der Waals surface area contributed by atoms with Crippen molar-refractivity contribution in [3.63, 3.8) is 0 Å². The summed E-state index contributed by atoms with van der Waals surface area (Å²) >= 11 is 0. The van der Waals surface area contributed by atoms with Gasteiger partial charge in [-0.3, -0.25) is 9.36 Å². The zero-order valence-corrected chi connectivity index (χ0v) is 14.3. The molecule has 1 amide bonds. The van der Waals surface area contributed by atoms with Gasteiger partial charge in [0.1, 0.15) is 6.33 Å². The average molecular weight is 338 g/mol. The molecule has 1 saturated heterocycles. The number of hydrogen-bond donors (Lipinski definition) is 0. The fourth-order valence-electron chi connectivity index (χ4n) is 3.99. The molecule has 2 aliphatic heterocycles. The van der Waals surface area contributed by atoms with Crippen LogP contribution in [0.2, 0.25) is 0 Å². The van der Waals surface area contributed by atoms with Gasteiger partial charge in [0.25, 0.3) is 0 Å². The van der Waals surface area contributed by atoms with E-state index >= 15 is 0 Å². The van der Waals surface area contributed by atoms with Crippen molar-refractivity contribution in [1.82, 2.24) is 19.2 Å². The Balaban J connectivity index is 1.47. The predicted octanol–water partition coefficient (Wildman–Crippen LogP) is 1.82. The Kier molecular flexibility index (Phi) is 4.03. The van der Waals surface area contributed by atoms with E-state index in [0.717, 1.165) is 19.3 Å². The van der Waals surface area contributed by atoms with Crippen molar-refractivity contribution in [2.75, 3.05) is 0 Å². The smallest absolute Gasteiger partial charge is 0.333 e. The van der Waals surface area contributed by atoms with Crippen LogP contribution in [0.3, 0.4) is 0 Å². The fraction of sp³-hybridized carbons (Fsp3) is 0.421. The maximum atomic E-state index is 12.7. The van der Waals surface area contributed by atoms with Gasteiger partial charge in [0, 0.05) is 19.5 Å². The van der Waals surface area contributed by atoms with Crippen LogP contribution in [0.5, 0.6) is 0 Å². The van der Waals surface area contributed by atoms with Gasteiger partial charge < -0.3 is 4.90 Å². The van der Waals surface area contributed by atoms with Crippen LogP contribution in [0.1, 0.15) is 31.2 Å². The second kappa shape index (κ2) is 6.35. The van der Waals surface area contributed by atoms with Crippen LogP contribution in [0, 0.1) is 0 Å². The molecule has 0 aliphatic carbocycles. The van der Waals surface area contributed by atoms with E-state index in [9.17, 15) is 9.59 Å². The van der Waals surface area contributed by atoms with Crippen molar-refractivity contribution in [3.05, 3.63) is 58.8 Å². The van der Waals surface area contributed by atoms with Crippen LogP contribution >= 0.6 is 0 Å². The number of hydrogen-bond acceptors (Lipinski definition) is 3. The molecule has 2 unspecified atom stereocenters. The number of benzene rings is 1. The highest BCUT2D eigenvalue weighted by Crippen LogP contribution is 2.38. The van der Waals surface area contributed by atoms with Crippen molar-refractivity contribution in [2.45, 2.75) is 44.3 Å². The van der Waals surface area contributed by atoms with E-state index in [1.54, 1.807) is 7.05 Å². The molecule has 3 heterocycles. The number of aryl methyl sites for hydroxylation is 2. The summed E-state index contributed by atoms with van der Waals surface area (Å²) in [6.45, 7) is 0.337. The topological polar surface area (TPSA) is 60.1 Å². The average Bonchev–Trinajstić information content (AvgIpc) is 3.09. The van der Waals surface area contributed by atoms with Crippen LogP contribution in [0.15, 0.2) is 47.5 Å². The number of rotatable bonds is 4. The van der Waals surface area contributed by atoms with Crippen LogP contribution in [0.4, 0.5) is 0 Å². The third-order valence-electron chi connectivity index (χ3n) is 5.25. The molecule has 0 radical (unpaired) electrons. The maximum Gasteiger partial charge on any atom is 0.345 e. The molecule has 6 nitrogen and oxygen atoms in total. The first-order valence-electron chi connectivity index (χ1n) is 8.79. The van der Waals surface area contributed by atoms with Crippen LogP contribution in [0.25, 0.3) is 5.57 Å². The molecule has 2 atom stereocenters. The van der Waals surface area contributed by atoms with Gasteiger partial charge in [-0.1, -0.05) is 36.4 Å². The highest BCUT2D eigenvalue weighted by atomic mass is 16.2. The normalized spacial score (nSPS) is 22.1. The summed E-state index contributed by atoms with van der Waals surface area (Å²) in [5.41, 5.74) is 2.42. The number of nitrogens with zero attached hydrogens (tertiary/aromatic N) is 4. The minimum atomic E-state index is -0.180. The number of fused-ring (bicyclic) bond motifs is 2. The van der Waals surface area contributed by atoms with E-state index in [-0.39, 0.29) is 23.7 Å². The Morgan fingerprint density at radius 2 is 2.04 bits per heavy atom. The zero-order valence-electron chi connectivity index (χ0n) is 14.3. The molecular weight excluding hydrogens is 316 g/mol. The van der Waals surface area contributed by atoms with E-state index < -0.39 is 0 Å². The summed E-state index contributed by atoms with van der Waals surface area (Å²) in [5, 5.41) is 4.02. The van der Waals surface area contributed by atoms with E-state index in [1.807, 2.05) is 11.0 Å². The van der Waals surface area contributed by atoms with Gasteiger partial charge in [0.15, 0.2) is 0 Å². The number of carbonyl (C=O) groups is 1. The lowest BCUT2D eigenvalue weighted by Crippen LogP contribution is -2.43. The molecule has 1 aromatic carbocycles. The Bertz CT molecular complexity index is 865. The van der Waals surface area contributed by atoms with Gasteiger partial charge in [-0.2, -0.15) is 5.10 Å². The van der Waals surface area contributed by atoms with Crippen LogP contribution in [-0.4, -0.2) is 37.2 Å². The summed E-state index contributed by atoms with van der Waals surface area (Å²) in [5.74, 6) is 0.119. The molecule has 4 rings (SSSR count). The van der Waals surface area contributed by atoms with E-state index in [2.05, 4.69) is 35.4 Å². The molecule has 1 fully saturated rings. The standard InChI is InChI=1S/C19H22N4O2/c1-21-13-20-22(19(21)25)10-9-18(24)23-16-7-8-17(23)12-15(11-16)14-5-3-2-4-6-14/h2-6,11,13,16-17H,7-10,12H2,1H3. The van der Waals surface area contributed by atoms with Crippen LogP contribution < -0.4 is 5.69 Å². The van der Waals surface area contributed by atoms with E-state index in [1.165, 1.54) is 26.7 Å². The van der Waals surface area contributed by atoms with Crippen LogP contribution in [-0.2, 0) is 18.4 Å². The minimum absolute atomic E-state index is 0.119. The fourth-order valence-corrected chi connectivity index (χ4v) is 3.99. The molecule has 1 aromatic heterocycles. The molecule has 6 heteroatoms. The van der Waals surface area contributed by atoms with Gasteiger partial charge in [-0.25, -0.2) is 9.48 Å². The molecular formula is C19H22N4O2. The lowest BCUT2D eigenvalue weighted by atomic mass is 9.94. The quantitative estimate of drug-likeness (QED) is 0.854. The second-order valence-corrected chi connectivity index (χ2v) is 6.86. The summed E-state index contributed by atoms with van der Waals surface area (Å²) in [4.78, 5) is 26.6. The Hall–Kier alpha value is -2.63. The van der Waals surface area contributed by atoms with Crippen molar-refractivity contribution in [3.8, 4) is 0 Å². The molecule has 25 heavy (non-hydrogen) atoms. The highest BCUT2D eigenvalue weighted by molar-refractivity contribution is 5.80. The van der Waals surface area contributed by atoms with Gasteiger partial charge >= 0.3 is 5.69 Å². The van der Waals surface area contributed by atoms with E-state index in [0.29, 0.717) is 13.0 Å². The lowest BCUT2D eigenvalue weighted by Gasteiger charge is -2.34. The summed E-state index contributed by atoms with van der Waals surface area (Å²) < 4.78 is 2.78. The van der Waals surface area contributed by atoms with Crippen molar-refractivity contribution < 1.29 is 4.79 Å². The minimum Gasteiger partial charge on any atom is -0.333 e. The Labute approximate surface area is 146 Å². The molecule has 2 aromatic rings. The van der Waals surface area contributed by atoms with Gasteiger partial charge in [0.2, 0.25) is 5.91 Å². The third kappa shape index (κ3) is 2.92. The summed E-state index contributed by atoms with van der Waals surface area (Å²) in [7, 11) is 1.66. The van der Waals surface area contributed by atoms with Gasteiger partial charge in [-0.15, -0.1) is 0 Å². The largest absolute Gasteiger partial charge is 0.345 e. The predicted molar refractivity (Wildman–Crippen MR) is 94.8 cm³/mol. The number of carbonyl (C=O) groups excluding carboxylic acids is 1. The lowest BCUT2D eigenvalue weighted by molar-refractivity contribution is -0.133. The molecule has 0 spiro atoms. The van der Waals surface area contributed by atoms with Gasteiger partial charge in [0.05, 0.1) is 12.6 Å². The molecule has 0 N–H and O–H groups in total. The maximum absolute atomic E-state index is 12.7. The third-order valence-corrected chi connectivity index (χ3v) is 5.25. The first-order valence-corrected chi connectivity index (χ1v) is 8.79.